The van der Waals surface area contributed by atoms with Gasteiger partial charge in [0.25, 0.3) is 0 Å². The van der Waals surface area contributed by atoms with Gasteiger partial charge >= 0.3 is 0 Å². The number of rotatable bonds is 3. The Morgan fingerprint density at radius 2 is 1.68 bits per heavy atom. The molecule has 0 spiro atoms. The molecule has 3 aromatic rings. The van der Waals surface area contributed by atoms with Crippen molar-refractivity contribution in [2.75, 3.05) is 0 Å². The number of hydrogen-bond acceptors (Lipinski definition) is 1. The van der Waals surface area contributed by atoms with Gasteiger partial charge in [-0.25, -0.2) is 0 Å². The molecule has 1 nitrogen and oxygen atoms in total. The predicted octanol–water partition coefficient (Wildman–Crippen LogP) is 6.29. The third kappa shape index (κ3) is 4.73. The van der Waals surface area contributed by atoms with Crippen molar-refractivity contribution >= 4 is 0 Å². The number of hydrogen-bond donors (Lipinski definition) is 0. The smallest absolute Gasteiger partial charge is 0.120 e. The summed E-state index contributed by atoms with van der Waals surface area (Å²) in [6.45, 7) is 7.31. The van der Waals surface area contributed by atoms with Crippen LogP contribution in [0.15, 0.2) is 72.8 Å². The first-order chi connectivity index (χ1) is 12.1. The van der Waals surface area contributed by atoms with Crippen molar-refractivity contribution in [2.45, 2.75) is 39.7 Å². The van der Waals surface area contributed by atoms with E-state index in [1.807, 2.05) is 6.07 Å². The molecule has 2 aliphatic rings. The van der Waals surface area contributed by atoms with Crippen LogP contribution >= 0.6 is 0 Å². The molecule has 0 aromatic heterocycles. The number of fused-ring (bicyclic) bond motifs is 3. The number of aryl methyl sites for hydroxylation is 1. The van der Waals surface area contributed by atoms with Crippen LogP contribution in [0.3, 0.4) is 0 Å². The topological polar surface area (TPSA) is 9.23 Å². The second-order valence-electron chi connectivity index (χ2n) is 6.95. The van der Waals surface area contributed by atoms with E-state index in [4.69, 9.17) is 4.74 Å². The Bertz CT molecular complexity index is 819. The first-order valence-electron chi connectivity index (χ1n) is 8.97. The lowest BCUT2D eigenvalue weighted by Crippen LogP contribution is -2.07. The third-order valence-electron chi connectivity index (χ3n) is 4.52. The lowest BCUT2D eigenvalue weighted by atomic mass is 9.98. The minimum absolute atomic E-state index is 0.653. The van der Waals surface area contributed by atoms with Crippen molar-refractivity contribution in [1.29, 1.82) is 0 Å². The van der Waals surface area contributed by atoms with E-state index in [-0.39, 0.29) is 0 Å². The van der Waals surface area contributed by atoms with Gasteiger partial charge in [-0.2, -0.15) is 0 Å². The van der Waals surface area contributed by atoms with Gasteiger partial charge in [-0.05, 0) is 53.6 Å². The molecule has 0 N–H and O–H groups in total. The highest BCUT2D eigenvalue weighted by Gasteiger charge is 2.11. The molecule has 2 aliphatic heterocycles. The Kier molecular flexibility index (Phi) is 5.55. The Balaban J connectivity index is 0.000000160. The van der Waals surface area contributed by atoms with E-state index in [1.165, 1.54) is 27.8 Å². The van der Waals surface area contributed by atoms with Gasteiger partial charge in [0.1, 0.15) is 12.4 Å². The zero-order chi connectivity index (χ0) is 17.6. The maximum Gasteiger partial charge on any atom is 0.120 e. The van der Waals surface area contributed by atoms with E-state index >= 15 is 0 Å². The molecule has 128 valence electrons. The summed E-state index contributed by atoms with van der Waals surface area (Å²) in [4.78, 5) is 0. The SMILES string of the molecule is Cc1cccc(C(C)C)c1.c1ccc(Cc2cc3ccc2CO3)cc1. The van der Waals surface area contributed by atoms with E-state index in [0.717, 1.165) is 18.8 Å². The number of benzene rings is 3. The van der Waals surface area contributed by atoms with E-state index < -0.39 is 0 Å². The van der Waals surface area contributed by atoms with E-state index in [9.17, 15) is 0 Å². The van der Waals surface area contributed by atoms with Gasteiger partial charge < -0.3 is 4.74 Å². The molecule has 0 unspecified atom stereocenters. The highest BCUT2D eigenvalue weighted by Crippen LogP contribution is 2.27. The molecule has 5 rings (SSSR count). The average molecular weight is 330 g/mol. The largest absolute Gasteiger partial charge is 0.489 e. The van der Waals surface area contributed by atoms with E-state index in [2.05, 4.69) is 87.5 Å². The van der Waals surface area contributed by atoms with Crippen LogP contribution in [0.4, 0.5) is 0 Å². The lowest BCUT2D eigenvalue weighted by molar-refractivity contribution is 0.293. The summed E-state index contributed by atoms with van der Waals surface area (Å²) >= 11 is 0. The highest BCUT2D eigenvalue weighted by atomic mass is 16.5. The Labute approximate surface area is 151 Å². The quantitative estimate of drug-likeness (QED) is 0.548. The highest BCUT2D eigenvalue weighted by molar-refractivity contribution is 5.41. The summed E-state index contributed by atoms with van der Waals surface area (Å²) in [5, 5.41) is 0. The first-order valence-corrected chi connectivity index (χ1v) is 8.97. The van der Waals surface area contributed by atoms with Crippen LogP contribution in [-0.4, -0.2) is 0 Å². The van der Waals surface area contributed by atoms with Gasteiger partial charge in [0.05, 0.1) is 0 Å². The van der Waals surface area contributed by atoms with Crippen LogP contribution in [0.5, 0.6) is 5.75 Å². The summed E-state index contributed by atoms with van der Waals surface area (Å²) in [6.07, 6.45) is 1.01. The van der Waals surface area contributed by atoms with Gasteiger partial charge in [0.15, 0.2) is 0 Å². The van der Waals surface area contributed by atoms with Crippen LogP contribution in [-0.2, 0) is 13.0 Å². The Hall–Kier alpha value is -2.54. The summed E-state index contributed by atoms with van der Waals surface area (Å²) in [6, 6.07) is 25.6. The van der Waals surface area contributed by atoms with Crippen LogP contribution < -0.4 is 4.74 Å². The third-order valence-corrected chi connectivity index (χ3v) is 4.52. The lowest BCUT2D eigenvalue weighted by Gasteiger charge is -2.18. The average Bonchev–Trinajstić information content (AvgIpc) is 2.64. The van der Waals surface area contributed by atoms with Crippen LogP contribution in [0.1, 0.15) is 47.6 Å². The molecule has 0 radical (unpaired) electrons. The maximum atomic E-state index is 5.46. The van der Waals surface area contributed by atoms with Gasteiger partial charge in [-0.3, -0.25) is 0 Å². The molecule has 2 heterocycles. The molecule has 2 bridgehead atoms. The standard InChI is InChI=1S/C14H12O.C10H14/c1-2-4-11(5-3-1)8-13-9-14-7-6-12(13)10-15-14;1-8(2)10-6-4-5-9(3)7-10/h1-7,9H,8,10H2;4-8H,1-3H3. The van der Waals surface area contributed by atoms with Crippen LogP contribution in [0.25, 0.3) is 0 Å². The second kappa shape index (κ2) is 8.02. The molecule has 0 aliphatic carbocycles. The van der Waals surface area contributed by atoms with Gasteiger partial charge in [-0.1, -0.05) is 80.1 Å². The zero-order valence-electron chi connectivity index (χ0n) is 15.3. The van der Waals surface area contributed by atoms with E-state index in [1.54, 1.807) is 0 Å². The second-order valence-corrected chi connectivity index (χ2v) is 6.95. The molecule has 1 heteroatoms. The van der Waals surface area contributed by atoms with Crippen molar-refractivity contribution in [1.82, 2.24) is 0 Å². The van der Waals surface area contributed by atoms with Crippen molar-refractivity contribution < 1.29 is 4.74 Å². The molecule has 0 amide bonds. The maximum absolute atomic E-state index is 5.46. The normalized spacial score (nSPS) is 11.7. The zero-order valence-corrected chi connectivity index (χ0v) is 15.3. The minimum Gasteiger partial charge on any atom is -0.489 e. The molecule has 25 heavy (non-hydrogen) atoms. The molecule has 3 aromatic carbocycles. The predicted molar refractivity (Wildman–Crippen MR) is 105 cm³/mol. The Morgan fingerprint density at radius 1 is 0.880 bits per heavy atom. The molecular weight excluding hydrogens is 304 g/mol. The van der Waals surface area contributed by atoms with Crippen molar-refractivity contribution in [3.05, 3.63) is 101 Å². The fourth-order valence-electron chi connectivity index (χ4n) is 3.00. The van der Waals surface area contributed by atoms with Crippen molar-refractivity contribution in [3.63, 3.8) is 0 Å². The number of ether oxygens (including phenoxy) is 1. The monoisotopic (exact) mass is 330 g/mol. The van der Waals surface area contributed by atoms with Crippen LogP contribution in [0, 0.1) is 6.92 Å². The van der Waals surface area contributed by atoms with Gasteiger partial charge in [-0.15, -0.1) is 0 Å². The fraction of sp³-hybridized carbons (Fsp3) is 0.250. The summed E-state index contributed by atoms with van der Waals surface area (Å²) in [5.41, 5.74) is 6.85. The van der Waals surface area contributed by atoms with Gasteiger partial charge in [0.2, 0.25) is 0 Å². The molecule has 0 saturated heterocycles. The summed E-state index contributed by atoms with van der Waals surface area (Å²) < 4.78 is 5.46. The van der Waals surface area contributed by atoms with Gasteiger partial charge in [0, 0.05) is 0 Å². The molecule has 0 fully saturated rings. The van der Waals surface area contributed by atoms with Crippen molar-refractivity contribution in [2.24, 2.45) is 0 Å². The van der Waals surface area contributed by atoms with Crippen molar-refractivity contribution in [3.8, 4) is 5.75 Å². The first kappa shape index (κ1) is 17.3. The molecule has 0 atom stereocenters. The van der Waals surface area contributed by atoms with E-state index in [0.29, 0.717) is 5.92 Å². The van der Waals surface area contributed by atoms with Crippen LogP contribution in [0.2, 0.25) is 0 Å². The minimum atomic E-state index is 0.653. The summed E-state index contributed by atoms with van der Waals surface area (Å²) in [5.74, 6) is 1.65. The molecule has 0 saturated carbocycles. The molecular formula is C24H26O. The fourth-order valence-corrected chi connectivity index (χ4v) is 3.00. The summed E-state index contributed by atoms with van der Waals surface area (Å²) in [7, 11) is 0. The Morgan fingerprint density at radius 3 is 2.20 bits per heavy atom.